The Balaban J connectivity index is 1.39. The van der Waals surface area contributed by atoms with Crippen molar-refractivity contribution < 1.29 is 18.3 Å². The molecule has 1 fully saturated rings. The van der Waals surface area contributed by atoms with E-state index in [1.54, 1.807) is 11.7 Å². The van der Waals surface area contributed by atoms with Crippen molar-refractivity contribution in [2.24, 2.45) is 0 Å². The van der Waals surface area contributed by atoms with Gasteiger partial charge in [0.1, 0.15) is 5.75 Å². The molecule has 0 unspecified atom stereocenters. The Morgan fingerprint density at radius 3 is 2.55 bits per heavy atom. The van der Waals surface area contributed by atoms with Crippen LogP contribution in [0.5, 0.6) is 5.75 Å². The van der Waals surface area contributed by atoms with Gasteiger partial charge in [0.05, 0.1) is 24.9 Å². The van der Waals surface area contributed by atoms with E-state index in [1.807, 2.05) is 24.3 Å². The third-order valence-corrected chi connectivity index (χ3v) is 7.27. The molecule has 2 aromatic carbocycles. The van der Waals surface area contributed by atoms with E-state index in [0.717, 1.165) is 55.5 Å². The van der Waals surface area contributed by atoms with Crippen LogP contribution in [0.25, 0.3) is 0 Å². The number of halogens is 2. The van der Waals surface area contributed by atoms with Crippen LogP contribution in [-0.4, -0.2) is 34.1 Å². The number of benzene rings is 2. The third kappa shape index (κ3) is 5.49. The van der Waals surface area contributed by atoms with Crippen LogP contribution in [0.2, 0.25) is 0 Å². The number of aromatic nitrogens is 2. The second-order valence-electron chi connectivity index (χ2n) is 9.76. The molecular formula is C28H31F2N5O3. The van der Waals surface area contributed by atoms with Crippen LogP contribution in [0, 0.1) is 11.6 Å². The highest BCUT2D eigenvalue weighted by Gasteiger charge is 2.29. The summed E-state index contributed by atoms with van der Waals surface area (Å²) < 4.78 is 33.8. The van der Waals surface area contributed by atoms with E-state index in [4.69, 9.17) is 9.72 Å². The van der Waals surface area contributed by atoms with Crippen molar-refractivity contribution in [2.75, 3.05) is 24.3 Å². The molecule has 200 valence electrons. The molecule has 0 spiro atoms. The second kappa shape index (κ2) is 11.2. The summed E-state index contributed by atoms with van der Waals surface area (Å²) in [5.41, 5.74) is 2.22. The van der Waals surface area contributed by atoms with Crippen LogP contribution in [0.1, 0.15) is 55.0 Å². The molecule has 2 N–H and O–H groups in total. The fourth-order valence-electron chi connectivity index (χ4n) is 5.17. The zero-order valence-corrected chi connectivity index (χ0v) is 21.3. The summed E-state index contributed by atoms with van der Waals surface area (Å²) in [6.45, 7) is 0.952. The molecule has 2 aliphatic rings. The van der Waals surface area contributed by atoms with Gasteiger partial charge >= 0.3 is 6.03 Å². The number of anilines is 2. The standard InChI is InChI=1S/C28H31F2N5O3/c1-38-21-10-7-18(8-11-21)16-31-27-33-25-13-14-34(28(37)32-19-9-12-23(29)24(30)15-19)17-22(25)26(36)35(27)20-5-3-2-4-6-20/h7-12,15,20H,2-6,13-14,16-17H2,1H3,(H,31,33)(H,32,37). The summed E-state index contributed by atoms with van der Waals surface area (Å²) in [6, 6.07) is 10.5. The first-order chi connectivity index (χ1) is 18.4. The van der Waals surface area contributed by atoms with Crippen molar-refractivity contribution in [3.05, 3.63) is 81.3 Å². The smallest absolute Gasteiger partial charge is 0.322 e. The van der Waals surface area contributed by atoms with Gasteiger partial charge in [0, 0.05) is 37.3 Å². The van der Waals surface area contributed by atoms with Crippen molar-refractivity contribution in [2.45, 2.75) is 57.7 Å². The quantitative estimate of drug-likeness (QED) is 0.462. The summed E-state index contributed by atoms with van der Waals surface area (Å²) in [5, 5.41) is 5.98. The zero-order chi connectivity index (χ0) is 26.6. The summed E-state index contributed by atoms with van der Waals surface area (Å²) in [7, 11) is 1.63. The van der Waals surface area contributed by atoms with Crippen molar-refractivity contribution >= 4 is 17.7 Å². The maximum absolute atomic E-state index is 13.9. The van der Waals surface area contributed by atoms with Gasteiger partial charge in [-0.1, -0.05) is 31.4 Å². The van der Waals surface area contributed by atoms with Gasteiger partial charge in [0.25, 0.3) is 5.56 Å². The number of ether oxygens (including phenoxy) is 1. The highest BCUT2D eigenvalue weighted by Crippen LogP contribution is 2.30. The average Bonchev–Trinajstić information content (AvgIpc) is 2.94. The normalized spacial score (nSPS) is 15.6. The maximum Gasteiger partial charge on any atom is 0.322 e. The fraction of sp³-hybridized carbons (Fsp3) is 0.393. The van der Waals surface area contributed by atoms with Crippen molar-refractivity contribution in [3.63, 3.8) is 0 Å². The number of methoxy groups -OCH3 is 1. The maximum atomic E-state index is 13.9. The predicted molar refractivity (Wildman–Crippen MR) is 140 cm³/mol. The molecule has 38 heavy (non-hydrogen) atoms. The van der Waals surface area contributed by atoms with Crippen LogP contribution >= 0.6 is 0 Å². The molecule has 5 rings (SSSR count). The van der Waals surface area contributed by atoms with E-state index in [1.165, 1.54) is 11.0 Å². The summed E-state index contributed by atoms with van der Waals surface area (Å²) in [6.07, 6.45) is 5.47. The number of urea groups is 1. The number of fused-ring (bicyclic) bond motifs is 1. The number of hydrogen-bond donors (Lipinski definition) is 2. The van der Waals surface area contributed by atoms with Crippen LogP contribution in [0.3, 0.4) is 0 Å². The number of nitrogens with zero attached hydrogens (tertiary/aromatic N) is 3. The number of amides is 2. The lowest BCUT2D eigenvalue weighted by Crippen LogP contribution is -2.44. The number of nitrogens with one attached hydrogen (secondary N) is 2. The molecule has 1 saturated carbocycles. The second-order valence-corrected chi connectivity index (χ2v) is 9.76. The van der Waals surface area contributed by atoms with Gasteiger partial charge in [-0.25, -0.2) is 18.6 Å². The molecule has 3 aromatic rings. The molecular weight excluding hydrogens is 492 g/mol. The molecule has 10 heteroatoms. The fourth-order valence-corrected chi connectivity index (χ4v) is 5.17. The van der Waals surface area contributed by atoms with Gasteiger partial charge in [-0.05, 0) is 42.7 Å². The molecule has 0 bridgehead atoms. The van der Waals surface area contributed by atoms with E-state index < -0.39 is 17.7 Å². The first-order valence-corrected chi connectivity index (χ1v) is 12.9. The lowest BCUT2D eigenvalue weighted by Gasteiger charge is -2.31. The minimum atomic E-state index is -1.04. The number of hydrogen-bond acceptors (Lipinski definition) is 5. The average molecular weight is 524 g/mol. The Kier molecular flexibility index (Phi) is 7.57. The molecule has 2 amide bonds. The lowest BCUT2D eigenvalue weighted by molar-refractivity contribution is 0.205. The molecule has 2 heterocycles. The molecule has 0 atom stereocenters. The highest BCUT2D eigenvalue weighted by atomic mass is 19.2. The molecule has 1 aromatic heterocycles. The van der Waals surface area contributed by atoms with Gasteiger partial charge in [0.15, 0.2) is 11.6 Å². The highest BCUT2D eigenvalue weighted by molar-refractivity contribution is 5.89. The van der Waals surface area contributed by atoms with Crippen molar-refractivity contribution in [1.82, 2.24) is 14.5 Å². The van der Waals surface area contributed by atoms with Crippen LogP contribution in [0.15, 0.2) is 47.3 Å². The van der Waals surface area contributed by atoms with E-state index in [2.05, 4.69) is 10.6 Å². The van der Waals surface area contributed by atoms with Crippen molar-refractivity contribution in [3.8, 4) is 5.75 Å². The summed E-state index contributed by atoms with van der Waals surface area (Å²) in [5.74, 6) is -0.698. The van der Waals surface area contributed by atoms with E-state index in [9.17, 15) is 18.4 Å². The molecule has 8 nitrogen and oxygen atoms in total. The number of carbonyl (C=O) groups is 1. The molecule has 0 saturated heterocycles. The monoisotopic (exact) mass is 523 g/mol. The SMILES string of the molecule is COc1ccc(CNc2nc3c(c(=O)n2C2CCCCC2)CN(C(=O)Nc2ccc(F)c(F)c2)CC3)cc1. The largest absolute Gasteiger partial charge is 0.497 e. The number of carbonyl (C=O) groups excluding carboxylic acids is 1. The predicted octanol–water partition coefficient (Wildman–Crippen LogP) is 5.24. The molecule has 1 aliphatic carbocycles. The Labute approximate surface area is 219 Å². The first kappa shape index (κ1) is 25.7. The van der Waals surface area contributed by atoms with Gasteiger partial charge in [-0.2, -0.15) is 0 Å². The van der Waals surface area contributed by atoms with E-state index >= 15 is 0 Å². The van der Waals surface area contributed by atoms with Crippen LogP contribution in [-0.2, 0) is 19.5 Å². The van der Waals surface area contributed by atoms with Gasteiger partial charge < -0.3 is 20.3 Å². The topological polar surface area (TPSA) is 88.5 Å². The Morgan fingerprint density at radius 1 is 1.08 bits per heavy atom. The van der Waals surface area contributed by atoms with Gasteiger partial charge in [-0.3, -0.25) is 9.36 Å². The zero-order valence-electron chi connectivity index (χ0n) is 21.3. The first-order valence-electron chi connectivity index (χ1n) is 12.9. The Morgan fingerprint density at radius 2 is 1.84 bits per heavy atom. The number of rotatable bonds is 6. The summed E-state index contributed by atoms with van der Waals surface area (Å²) in [4.78, 5) is 33.1. The Bertz CT molecular complexity index is 1370. The van der Waals surface area contributed by atoms with Gasteiger partial charge in [0.2, 0.25) is 5.95 Å². The Hall–Kier alpha value is -3.95. The summed E-state index contributed by atoms with van der Waals surface area (Å²) >= 11 is 0. The van der Waals surface area contributed by atoms with Crippen molar-refractivity contribution in [1.29, 1.82) is 0 Å². The van der Waals surface area contributed by atoms with E-state index in [-0.39, 0.29) is 23.8 Å². The third-order valence-electron chi connectivity index (χ3n) is 7.27. The van der Waals surface area contributed by atoms with E-state index in [0.29, 0.717) is 36.7 Å². The van der Waals surface area contributed by atoms with Crippen LogP contribution in [0.4, 0.5) is 25.2 Å². The molecule has 1 aliphatic heterocycles. The van der Waals surface area contributed by atoms with Crippen LogP contribution < -0.4 is 20.9 Å². The lowest BCUT2D eigenvalue weighted by atomic mass is 9.95. The minimum Gasteiger partial charge on any atom is -0.497 e. The molecule has 0 radical (unpaired) electrons. The van der Waals surface area contributed by atoms with Gasteiger partial charge in [-0.15, -0.1) is 0 Å². The minimum absolute atomic E-state index is 0.0406.